The Morgan fingerprint density at radius 3 is 2.08 bits per heavy atom. The van der Waals surface area contributed by atoms with E-state index in [0.29, 0.717) is 24.0 Å². The fourth-order valence-corrected chi connectivity index (χ4v) is 9.21. The van der Waals surface area contributed by atoms with E-state index in [-0.39, 0.29) is 22.9 Å². The van der Waals surface area contributed by atoms with Gasteiger partial charge in [0, 0.05) is 18.3 Å². The minimum absolute atomic E-state index is 0.0497. The van der Waals surface area contributed by atoms with Gasteiger partial charge in [0.05, 0.1) is 0 Å². The van der Waals surface area contributed by atoms with E-state index in [4.69, 9.17) is 4.74 Å². The minimum Gasteiger partial charge on any atom is -0.462 e. The molecule has 0 aromatic carbocycles. The van der Waals surface area contributed by atoms with Gasteiger partial charge in [0.2, 0.25) is 0 Å². The molecule has 216 valence electrons. The summed E-state index contributed by atoms with van der Waals surface area (Å²) in [6.45, 7) is 7.17. The summed E-state index contributed by atoms with van der Waals surface area (Å²) < 4.78 is 6.22. The van der Waals surface area contributed by atoms with E-state index in [1.807, 2.05) is 6.08 Å². The smallest absolute Gasteiger partial charge is 0.306 e. The van der Waals surface area contributed by atoms with E-state index in [2.05, 4.69) is 20.8 Å². The second kappa shape index (κ2) is 14.0. The summed E-state index contributed by atoms with van der Waals surface area (Å²) in [4.78, 5) is 24.9. The topological polar surface area (TPSA) is 43.4 Å². The Morgan fingerprint density at radius 2 is 1.42 bits per heavy atom. The molecule has 0 bridgehead atoms. The Labute approximate surface area is 234 Å². The van der Waals surface area contributed by atoms with Gasteiger partial charge in [-0.05, 0) is 80.6 Å². The maximum absolute atomic E-state index is 12.8. The van der Waals surface area contributed by atoms with Gasteiger partial charge in [-0.15, -0.1) is 0 Å². The predicted octanol–water partition coefficient (Wildman–Crippen LogP) is 9.91. The average Bonchev–Trinajstić information content (AvgIpc) is 3.23. The lowest BCUT2D eigenvalue weighted by molar-refractivity contribution is -0.160. The summed E-state index contributed by atoms with van der Waals surface area (Å²) >= 11 is 0. The highest BCUT2D eigenvalue weighted by Crippen LogP contribution is 2.65. The van der Waals surface area contributed by atoms with E-state index < -0.39 is 0 Å². The maximum atomic E-state index is 12.8. The van der Waals surface area contributed by atoms with E-state index in [1.165, 1.54) is 102 Å². The molecule has 0 unspecified atom stereocenters. The predicted molar refractivity (Wildman–Crippen MR) is 157 cm³/mol. The monoisotopic (exact) mass is 526 g/mol. The van der Waals surface area contributed by atoms with Crippen molar-refractivity contribution >= 4 is 11.8 Å². The van der Waals surface area contributed by atoms with Crippen molar-refractivity contribution in [1.29, 1.82) is 0 Å². The zero-order valence-corrected chi connectivity index (χ0v) is 25.2. The molecule has 6 atom stereocenters. The van der Waals surface area contributed by atoms with Gasteiger partial charge in [-0.25, -0.2) is 0 Å². The second-order valence-corrected chi connectivity index (χ2v) is 14.1. The van der Waals surface area contributed by atoms with Crippen molar-refractivity contribution in [2.45, 2.75) is 168 Å². The van der Waals surface area contributed by atoms with Gasteiger partial charge in [-0.1, -0.05) is 103 Å². The Bertz CT molecular complexity index is 814. The lowest BCUT2D eigenvalue weighted by Gasteiger charge is -2.57. The van der Waals surface area contributed by atoms with Crippen molar-refractivity contribution in [3.63, 3.8) is 0 Å². The van der Waals surface area contributed by atoms with Gasteiger partial charge >= 0.3 is 5.97 Å². The molecule has 0 spiro atoms. The van der Waals surface area contributed by atoms with Gasteiger partial charge < -0.3 is 4.74 Å². The van der Waals surface area contributed by atoms with Crippen LogP contribution in [0.5, 0.6) is 0 Å². The van der Waals surface area contributed by atoms with Crippen molar-refractivity contribution in [2.75, 3.05) is 0 Å². The van der Waals surface area contributed by atoms with Crippen LogP contribution in [-0.4, -0.2) is 17.9 Å². The van der Waals surface area contributed by atoms with Crippen LogP contribution < -0.4 is 0 Å². The number of carbonyl (C=O) groups is 2. The highest BCUT2D eigenvalue weighted by molar-refractivity contribution is 5.91. The number of fused-ring (bicyclic) bond motifs is 5. The number of hydrogen-bond acceptors (Lipinski definition) is 3. The van der Waals surface area contributed by atoms with Crippen molar-refractivity contribution in [2.24, 2.45) is 28.6 Å². The fraction of sp³-hybridized carbons (Fsp3) is 0.886. The molecule has 3 heteroatoms. The van der Waals surface area contributed by atoms with Crippen LogP contribution in [0.3, 0.4) is 0 Å². The molecule has 0 radical (unpaired) electrons. The van der Waals surface area contributed by atoms with Crippen LogP contribution in [0.15, 0.2) is 11.6 Å². The molecule has 0 heterocycles. The van der Waals surface area contributed by atoms with Crippen LogP contribution in [0.1, 0.15) is 162 Å². The standard InChI is InChI=1S/C35H58O3/c1-4-5-6-7-8-9-10-11-12-13-14-15-16-17-33(37)38-32-21-20-30-29-19-18-27-26-28(36)22-24-34(27,2)31(29)23-25-35(30,32)3/h26,29-32H,4-25H2,1-3H3/t29-,30+,31-,32-,34-,35-/m0/s1. The summed E-state index contributed by atoms with van der Waals surface area (Å²) in [5.74, 6) is 2.50. The molecule has 0 aromatic heterocycles. The number of unbranched alkanes of at least 4 members (excludes halogenated alkanes) is 12. The van der Waals surface area contributed by atoms with Crippen molar-refractivity contribution in [3.8, 4) is 0 Å². The van der Waals surface area contributed by atoms with Crippen molar-refractivity contribution in [1.82, 2.24) is 0 Å². The van der Waals surface area contributed by atoms with Gasteiger partial charge in [0.25, 0.3) is 0 Å². The summed E-state index contributed by atoms with van der Waals surface area (Å²) in [7, 11) is 0. The van der Waals surface area contributed by atoms with Gasteiger partial charge in [-0.3, -0.25) is 9.59 Å². The van der Waals surface area contributed by atoms with Crippen LogP contribution in [0.4, 0.5) is 0 Å². The molecule has 0 saturated heterocycles. The summed E-state index contributed by atoms with van der Waals surface area (Å²) in [6, 6.07) is 0. The van der Waals surface area contributed by atoms with Crippen LogP contribution >= 0.6 is 0 Å². The lowest BCUT2D eigenvalue weighted by Crippen LogP contribution is -2.51. The minimum atomic E-state index is 0.0497. The van der Waals surface area contributed by atoms with Crippen LogP contribution in [0.25, 0.3) is 0 Å². The maximum Gasteiger partial charge on any atom is 0.306 e. The largest absolute Gasteiger partial charge is 0.462 e. The zero-order valence-electron chi connectivity index (χ0n) is 25.2. The Balaban J connectivity index is 1.12. The Kier molecular flexibility index (Phi) is 11.0. The number of esters is 1. The molecule has 0 aromatic rings. The average molecular weight is 527 g/mol. The molecule has 0 N–H and O–H groups in total. The van der Waals surface area contributed by atoms with E-state index in [9.17, 15) is 9.59 Å². The molecular weight excluding hydrogens is 468 g/mol. The number of rotatable bonds is 15. The Morgan fingerprint density at radius 1 is 0.789 bits per heavy atom. The quantitative estimate of drug-likeness (QED) is 0.157. The van der Waals surface area contributed by atoms with Crippen LogP contribution in [-0.2, 0) is 14.3 Å². The molecular formula is C35H58O3. The van der Waals surface area contributed by atoms with Crippen LogP contribution in [0.2, 0.25) is 0 Å². The molecule has 0 amide bonds. The number of allylic oxidation sites excluding steroid dienone is 1. The first-order valence-electron chi connectivity index (χ1n) is 16.8. The Hall–Kier alpha value is -1.12. The zero-order chi connectivity index (χ0) is 27.0. The van der Waals surface area contributed by atoms with Gasteiger partial charge in [-0.2, -0.15) is 0 Å². The lowest BCUT2D eigenvalue weighted by atomic mass is 9.47. The molecule has 38 heavy (non-hydrogen) atoms. The third-order valence-corrected chi connectivity index (χ3v) is 11.6. The molecule has 4 aliphatic carbocycles. The van der Waals surface area contributed by atoms with E-state index in [0.717, 1.165) is 44.4 Å². The molecule has 3 saturated carbocycles. The second-order valence-electron chi connectivity index (χ2n) is 14.1. The van der Waals surface area contributed by atoms with Crippen LogP contribution in [0, 0.1) is 28.6 Å². The number of ether oxygens (including phenoxy) is 1. The highest BCUT2D eigenvalue weighted by Gasteiger charge is 2.59. The van der Waals surface area contributed by atoms with Crippen molar-refractivity contribution < 1.29 is 14.3 Å². The fourth-order valence-electron chi connectivity index (χ4n) is 9.21. The highest BCUT2D eigenvalue weighted by atomic mass is 16.5. The SMILES string of the molecule is CCCCCCCCCCCCCCCC(=O)O[C@H]1CC[C@@H]2[C@@H]3CCC4=CC(=O)CC[C@]4(C)[C@H]3CC[C@]12C. The third kappa shape index (κ3) is 6.95. The van der Waals surface area contributed by atoms with Gasteiger partial charge in [0.1, 0.15) is 6.10 Å². The normalized spacial score (nSPS) is 34.3. The number of ketones is 1. The van der Waals surface area contributed by atoms with E-state index >= 15 is 0 Å². The van der Waals surface area contributed by atoms with E-state index in [1.54, 1.807) is 0 Å². The third-order valence-electron chi connectivity index (χ3n) is 11.6. The summed E-state index contributed by atoms with van der Waals surface area (Å²) in [5.41, 5.74) is 1.81. The number of carbonyl (C=O) groups excluding carboxylic acids is 2. The molecule has 3 fully saturated rings. The molecule has 0 aliphatic heterocycles. The number of hydrogen-bond donors (Lipinski definition) is 0. The van der Waals surface area contributed by atoms with Gasteiger partial charge in [0.15, 0.2) is 5.78 Å². The summed E-state index contributed by atoms with van der Waals surface area (Å²) in [5, 5.41) is 0. The first kappa shape index (κ1) is 29.9. The first-order chi connectivity index (χ1) is 18.4. The molecule has 3 nitrogen and oxygen atoms in total. The molecule has 4 aliphatic rings. The summed E-state index contributed by atoms with van der Waals surface area (Å²) in [6.07, 6.45) is 28.7. The molecule has 4 rings (SSSR count). The van der Waals surface area contributed by atoms with Crippen molar-refractivity contribution in [3.05, 3.63) is 11.6 Å². The first-order valence-corrected chi connectivity index (χ1v) is 16.8.